The molecule has 1 unspecified atom stereocenters. The Bertz CT molecular complexity index is 329. The highest BCUT2D eigenvalue weighted by atomic mass is 32.1. The highest BCUT2D eigenvalue weighted by Gasteiger charge is 2.22. The second-order valence-corrected chi connectivity index (χ2v) is 5.89. The van der Waals surface area contributed by atoms with Crippen molar-refractivity contribution in [2.45, 2.75) is 45.7 Å². The molecule has 1 aromatic heterocycles. The Hall–Kier alpha value is -0.450. The van der Waals surface area contributed by atoms with Crippen LogP contribution >= 0.6 is 11.3 Å². The summed E-state index contributed by atoms with van der Waals surface area (Å²) in [7, 11) is 0. The molecule has 0 amide bonds. The summed E-state index contributed by atoms with van der Waals surface area (Å²) in [5.74, 6) is 0. The van der Waals surface area contributed by atoms with E-state index >= 15 is 0 Å². The first-order valence-corrected chi connectivity index (χ1v) is 6.89. The molecule has 1 aliphatic heterocycles. The van der Waals surface area contributed by atoms with Gasteiger partial charge in [0, 0.05) is 17.5 Å². The van der Waals surface area contributed by atoms with Crippen LogP contribution < -0.4 is 5.73 Å². The molecule has 1 aliphatic rings. The lowest BCUT2D eigenvalue weighted by atomic mass is 10.0. The molecule has 3 nitrogen and oxygen atoms in total. The molecule has 0 bridgehead atoms. The third kappa shape index (κ3) is 2.62. The molecule has 2 N–H and O–H groups in total. The van der Waals surface area contributed by atoms with Gasteiger partial charge in [-0.25, -0.2) is 4.98 Å². The molecule has 16 heavy (non-hydrogen) atoms. The lowest BCUT2D eigenvalue weighted by molar-refractivity contribution is 0.144. The molecule has 4 heteroatoms. The van der Waals surface area contributed by atoms with Gasteiger partial charge in [0.1, 0.15) is 5.01 Å². The fourth-order valence-electron chi connectivity index (χ4n) is 2.32. The Morgan fingerprint density at radius 3 is 2.88 bits per heavy atom. The molecule has 2 rings (SSSR count). The van der Waals surface area contributed by atoms with Crippen molar-refractivity contribution in [2.75, 3.05) is 13.1 Å². The van der Waals surface area contributed by atoms with Crippen LogP contribution in [0.2, 0.25) is 0 Å². The maximum absolute atomic E-state index is 5.82. The van der Waals surface area contributed by atoms with Crippen molar-refractivity contribution in [1.29, 1.82) is 0 Å². The molecule has 0 saturated carbocycles. The third-order valence-corrected chi connectivity index (χ3v) is 4.49. The molecule has 0 aliphatic carbocycles. The van der Waals surface area contributed by atoms with E-state index < -0.39 is 0 Å². The number of hydrogen-bond acceptors (Lipinski definition) is 4. The van der Waals surface area contributed by atoms with Gasteiger partial charge in [-0.2, -0.15) is 0 Å². The number of nitrogens with zero attached hydrogens (tertiary/aromatic N) is 2. The van der Waals surface area contributed by atoms with Crippen molar-refractivity contribution in [2.24, 2.45) is 5.73 Å². The fraction of sp³-hybridized carbons (Fsp3) is 0.750. The van der Waals surface area contributed by atoms with Crippen LogP contribution in [0.25, 0.3) is 0 Å². The number of rotatable bonds is 3. The number of nitrogens with two attached hydrogens (primary N) is 1. The Kier molecular flexibility index (Phi) is 3.95. The van der Waals surface area contributed by atoms with Crippen LogP contribution in [0.3, 0.4) is 0 Å². The lowest BCUT2D eigenvalue weighted by Gasteiger charge is -2.34. The number of piperidine rings is 1. The number of aryl methyl sites for hydroxylation is 2. The maximum atomic E-state index is 5.82. The van der Waals surface area contributed by atoms with Gasteiger partial charge in [0.2, 0.25) is 0 Å². The minimum Gasteiger partial charge on any atom is -0.329 e. The second-order valence-electron chi connectivity index (χ2n) is 4.60. The van der Waals surface area contributed by atoms with Crippen LogP contribution in [-0.2, 0) is 6.54 Å². The quantitative estimate of drug-likeness (QED) is 0.878. The molecule has 90 valence electrons. The van der Waals surface area contributed by atoms with E-state index in [0.29, 0.717) is 6.04 Å². The summed E-state index contributed by atoms with van der Waals surface area (Å²) in [5.41, 5.74) is 7.01. The summed E-state index contributed by atoms with van der Waals surface area (Å²) in [6, 6.07) is 0.568. The highest BCUT2D eigenvalue weighted by molar-refractivity contribution is 7.11. The van der Waals surface area contributed by atoms with E-state index in [0.717, 1.165) is 13.1 Å². The molecule has 1 saturated heterocycles. The van der Waals surface area contributed by atoms with E-state index in [2.05, 4.69) is 23.7 Å². The normalized spacial score (nSPS) is 22.6. The van der Waals surface area contributed by atoms with Crippen molar-refractivity contribution >= 4 is 11.3 Å². The standard InChI is InChI=1S/C12H21N3S/c1-9-10(2)16-12(14-9)8-15-6-4-3-5-11(15)7-13/h11H,3-8,13H2,1-2H3. The number of thiazole rings is 1. The van der Waals surface area contributed by atoms with E-state index in [1.165, 1.54) is 41.4 Å². The van der Waals surface area contributed by atoms with Gasteiger partial charge < -0.3 is 5.73 Å². The van der Waals surface area contributed by atoms with Crippen LogP contribution in [0.15, 0.2) is 0 Å². The van der Waals surface area contributed by atoms with Crippen molar-refractivity contribution in [3.05, 3.63) is 15.6 Å². The summed E-state index contributed by atoms with van der Waals surface area (Å²) in [5, 5.41) is 1.25. The van der Waals surface area contributed by atoms with E-state index in [1.54, 1.807) is 0 Å². The Morgan fingerprint density at radius 1 is 1.44 bits per heavy atom. The monoisotopic (exact) mass is 239 g/mol. The topological polar surface area (TPSA) is 42.2 Å². The number of likely N-dealkylation sites (tertiary alicyclic amines) is 1. The minimum atomic E-state index is 0.568. The summed E-state index contributed by atoms with van der Waals surface area (Å²) in [4.78, 5) is 8.45. The largest absolute Gasteiger partial charge is 0.329 e. The molecule has 0 spiro atoms. The van der Waals surface area contributed by atoms with Gasteiger partial charge in [0.15, 0.2) is 0 Å². The zero-order chi connectivity index (χ0) is 11.5. The maximum Gasteiger partial charge on any atom is 0.107 e. The van der Waals surface area contributed by atoms with Crippen molar-refractivity contribution in [3.8, 4) is 0 Å². The van der Waals surface area contributed by atoms with Gasteiger partial charge >= 0.3 is 0 Å². The molecular weight excluding hydrogens is 218 g/mol. The third-order valence-electron chi connectivity index (χ3n) is 3.43. The summed E-state index contributed by atoms with van der Waals surface area (Å²) in [6.07, 6.45) is 3.88. The smallest absolute Gasteiger partial charge is 0.107 e. The van der Waals surface area contributed by atoms with Gasteiger partial charge in [-0.15, -0.1) is 11.3 Å². The molecule has 0 radical (unpaired) electrons. The van der Waals surface area contributed by atoms with Crippen LogP contribution in [0, 0.1) is 13.8 Å². The molecule has 1 aromatic rings. The van der Waals surface area contributed by atoms with Crippen LogP contribution in [0.4, 0.5) is 0 Å². The van der Waals surface area contributed by atoms with Crippen molar-refractivity contribution in [1.82, 2.24) is 9.88 Å². The number of hydrogen-bond donors (Lipinski definition) is 1. The van der Waals surface area contributed by atoms with Gasteiger partial charge in [0.25, 0.3) is 0 Å². The molecule has 2 heterocycles. The SMILES string of the molecule is Cc1nc(CN2CCCCC2CN)sc1C. The average molecular weight is 239 g/mol. The van der Waals surface area contributed by atoms with Crippen LogP contribution in [0.1, 0.15) is 34.8 Å². The molecule has 1 atom stereocenters. The second kappa shape index (κ2) is 5.25. The predicted octanol–water partition coefficient (Wildman–Crippen LogP) is 2.07. The first-order valence-electron chi connectivity index (χ1n) is 6.07. The fourth-order valence-corrected chi connectivity index (χ4v) is 3.28. The molecule has 0 aromatic carbocycles. The van der Waals surface area contributed by atoms with Gasteiger partial charge in [-0.3, -0.25) is 4.90 Å². The highest BCUT2D eigenvalue weighted by Crippen LogP contribution is 2.22. The van der Waals surface area contributed by atoms with Gasteiger partial charge in [0.05, 0.1) is 12.2 Å². The van der Waals surface area contributed by atoms with E-state index in [1.807, 2.05) is 11.3 Å². The zero-order valence-electron chi connectivity index (χ0n) is 10.2. The van der Waals surface area contributed by atoms with Crippen LogP contribution in [-0.4, -0.2) is 29.0 Å². The zero-order valence-corrected chi connectivity index (χ0v) is 11.0. The first-order chi connectivity index (χ1) is 7.70. The Balaban J connectivity index is 2.02. The Labute approximate surface area is 102 Å². The summed E-state index contributed by atoms with van der Waals surface area (Å²) >= 11 is 1.83. The summed E-state index contributed by atoms with van der Waals surface area (Å²) < 4.78 is 0. The first kappa shape index (κ1) is 12.0. The van der Waals surface area contributed by atoms with Crippen molar-refractivity contribution in [3.63, 3.8) is 0 Å². The van der Waals surface area contributed by atoms with Gasteiger partial charge in [-0.05, 0) is 33.2 Å². The van der Waals surface area contributed by atoms with E-state index in [9.17, 15) is 0 Å². The predicted molar refractivity (Wildman–Crippen MR) is 68.7 cm³/mol. The average Bonchev–Trinajstić information content (AvgIpc) is 2.59. The molecule has 1 fully saturated rings. The van der Waals surface area contributed by atoms with Crippen LogP contribution in [0.5, 0.6) is 0 Å². The number of aromatic nitrogens is 1. The van der Waals surface area contributed by atoms with Gasteiger partial charge in [-0.1, -0.05) is 6.42 Å². The van der Waals surface area contributed by atoms with E-state index in [4.69, 9.17) is 5.73 Å². The minimum absolute atomic E-state index is 0.568. The Morgan fingerprint density at radius 2 is 2.25 bits per heavy atom. The molecular formula is C12H21N3S. The van der Waals surface area contributed by atoms with E-state index in [-0.39, 0.29) is 0 Å². The summed E-state index contributed by atoms with van der Waals surface area (Å²) in [6.45, 7) is 7.18. The van der Waals surface area contributed by atoms with Crippen molar-refractivity contribution < 1.29 is 0 Å². The lowest BCUT2D eigenvalue weighted by Crippen LogP contribution is -2.43.